The lowest BCUT2D eigenvalue weighted by atomic mass is 10.1. The van der Waals surface area contributed by atoms with Crippen molar-refractivity contribution in [2.24, 2.45) is 0 Å². The van der Waals surface area contributed by atoms with Gasteiger partial charge in [-0.15, -0.1) is 0 Å². The second-order valence-electron chi connectivity index (χ2n) is 5.95. The van der Waals surface area contributed by atoms with Gasteiger partial charge in [-0.3, -0.25) is 9.69 Å². The number of urea groups is 1. The maximum absolute atomic E-state index is 13.1. The first-order valence-electron chi connectivity index (χ1n) is 8.35. The van der Waals surface area contributed by atoms with Gasteiger partial charge in [-0.1, -0.05) is 12.1 Å². The normalized spacial score (nSPS) is 15.0. The van der Waals surface area contributed by atoms with Gasteiger partial charge in [0.15, 0.2) is 0 Å². The van der Waals surface area contributed by atoms with Crippen LogP contribution in [-0.2, 0) is 11.3 Å². The number of carbonyl (C=O) groups excluding carboxylic acids is 2. The van der Waals surface area contributed by atoms with Crippen molar-refractivity contribution >= 4 is 18.0 Å². The summed E-state index contributed by atoms with van der Waals surface area (Å²) in [5, 5.41) is 2.55. The van der Waals surface area contributed by atoms with E-state index in [1.54, 1.807) is 12.1 Å². The zero-order valence-electron chi connectivity index (χ0n) is 15.6. The number of methoxy groups -OCH3 is 3. The van der Waals surface area contributed by atoms with Gasteiger partial charge in [0.2, 0.25) is 0 Å². The molecule has 0 radical (unpaired) electrons. The van der Waals surface area contributed by atoms with Crippen LogP contribution in [0.1, 0.15) is 11.1 Å². The number of ether oxygens (including phenoxy) is 3. The van der Waals surface area contributed by atoms with Gasteiger partial charge >= 0.3 is 6.03 Å². The molecule has 0 atom stereocenters. The van der Waals surface area contributed by atoms with E-state index >= 15 is 0 Å². The van der Waals surface area contributed by atoms with Crippen LogP contribution < -0.4 is 19.5 Å². The Labute approximate surface area is 161 Å². The molecule has 3 amide bonds. The van der Waals surface area contributed by atoms with Crippen molar-refractivity contribution in [3.8, 4) is 17.2 Å². The van der Waals surface area contributed by atoms with E-state index in [0.29, 0.717) is 28.4 Å². The third-order valence-corrected chi connectivity index (χ3v) is 4.26. The molecule has 1 aliphatic rings. The molecule has 1 fully saturated rings. The molecule has 1 aliphatic heterocycles. The van der Waals surface area contributed by atoms with Gasteiger partial charge in [0.05, 0.1) is 33.4 Å². The molecule has 8 heteroatoms. The van der Waals surface area contributed by atoms with Gasteiger partial charge in [0, 0.05) is 12.1 Å². The average Bonchev–Trinajstić information content (AvgIpc) is 2.97. The summed E-state index contributed by atoms with van der Waals surface area (Å²) in [6.45, 7) is 0.0270. The van der Waals surface area contributed by atoms with Crippen LogP contribution in [0.3, 0.4) is 0 Å². The highest BCUT2D eigenvalue weighted by Gasteiger charge is 2.34. The lowest BCUT2D eigenvalue weighted by Crippen LogP contribution is -2.30. The predicted molar refractivity (Wildman–Crippen MR) is 99.6 cm³/mol. The highest BCUT2D eigenvalue weighted by atomic mass is 19.1. The molecule has 146 valence electrons. The highest BCUT2D eigenvalue weighted by Crippen LogP contribution is 2.36. The maximum atomic E-state index is 13.1. The van der Waals surface area contributed by atoms with Crippen LogP contribution in [0.5, 0.6) is 17.2 Å². The van der Waals surface area contributed by atoms with Crippen LogP contribution >= 0.6 is 0 Å². The fraction of sp³-hybridized carbons (Fsp3) is 0.200. The number of hydrogen-bond donors (Lipinski definition) is 1. The van der Waals surface area contributed by atoms with Crippen LogP contribution in [-0.4, -0.2) is 38.2 Å². The molecule has 1 heterocycles. The third kappa shape index (κ3) is 3.75. The molecule has 3 rings (SSSR count). The Morgan fingerprint density at radius 2 is 1.61 bits per heavy atom. The first-order valence-corrected chi connectivity index (χ1v) is 8.35. The smallest absolute Gasteiger partial charge is 0.329 e. The van der Waals surface area contributed by atoms with E-state index in [4.69, 9.17) is 14.2 Å². The number of halogens is 1. The molecule has 0 aliphatic carbocycles. The van der Waals surface area contributed by atoms with Gasteiger partial charge in [-0.05, 0) is 23.8 Å². The van der Waals surface area contributed by atoms with Gasteiger partial charge < -0.3 is 19.5 Å². The molecule has 0 bridgehead atoms. The van der Waals surface area contributed by atoms with Gasteiger partial charge in [0.1, 0.15) is 28.8 Å². The van der Waals surface area contributed by atoms with Crippen LogP contribution in [0.25, 0.3) is 6.08 Å². The predicted octanol–water partition coefficient (Wildman–Crippen LogP) is 2.94. The molecule has 0 aromatic heterocycles. The Morgan fingerprint density at radius 3 is 2.14 bits per heavy atom. The number of carbonyl (C=O) groups is 2. The quantitative estimate of drug-likeness (QED) is 0.610. The minimum Gasteiger partial charge on any atom is -0.496 e. The molecule has 0 saturated carbocycles. The van der Waals surface area contributed by atoms with E-state index in [1.165, 1.54) is 51.7 Å². The van der Waals surface area contributed by atoms with Gasteiger partial charge in [-0.25, -0.2) is 9.18 Å². The minimum atomic E-state index is -0.563. The van der Waals surface area contributed by atoms with Crippen molar-refractivity contribution in [1.82, 2.24) is 10.2 Å². The molecule has 0 unspecified atom stereocenters. The first-order chi connectivity index (χ1) is 13.5. The highest BCUT2D eigenvalue weighted by molar-refractivity contribution is 6.14. The zero-order chi connectivity index (χ0) is 20.3. The van der Waals surface area contributed by atoms with Crippen molar-refractivity contribution in [1.29, 1.82) is 0 Å². The Bertz CT molecular complexity index is 915. The molecule has 1 saturated heterocycles. The standard InChI is InChI=1S/C20H19FN2O5/c1-26-14-8-17(27-2)15(18(9-14)28-3)10-16-19(24)23(20(25)22-16)11-12-4-6-13(21)7-5-12/h4-10H,11H2,1-3H3,(H,22,25). The summed E-state index contributed by atoms with van der Waals surface area (Å²) in [5.41, 5.74) is 1.19. The van der Waals surface area contributed by atoms with E-state index in [1.807, 2.05) is 0 Å². The summed E-state index contributed by atoms with van der Waals surface area (Å²) in [6.07, 6.45) is 1.49. The summed E-state index contributed by atoms with van der Waals surface area (Å²) < 4.78 is 29.0. The molecule has 2 aromatic rings. The van der Waals surface area contributed by atoms with Gasteiger partial charge in [0.25, 0.3) is 5.91 Å². The van der Waals surface area contributed by atoms with Crippen molar-refractivity contribution in [3.05, 3.63) is 59.0 Å². The van der Waals surface area contributed by atoms with Crippen LogP contribution in [0.4, 0.5) is 9.18 Å². The zero-order valence-corrected chi connectivity index (χ0v) is 15.6. The van der Waals surface area contributed by atoms with Crippen LogP contribution in [0, 0.1) is 5.82 Å². The van der Waals surface area contributed by atoms with E-state index < -0.39 is 11.9 Å². The Hall–Kier alpha value is -3.55. The van der Waals surface area contributed by atoms with E-state index in [-0.39, 0.29) is 18.1 Å². The summed E-state index contributed by atoms with van der Waals surface area (Å²) >= 11 is 0. The molecular weight excluding hydrogens is 367 g/mol. The fourth-order valence-electron chi connectivity index (χ4n) is 2.81. The van der Waals surface area contributed by atoms with Crippen molar-refractivity contribution in [2.45, 2.75) is 6.54 Å². The van der Waals surface area contributed by atoms with Crippen molar-refractivity contribution in [2.75, 3.05) is 21.3 Å². The first kappa shape index (κ1) is 19.2. The second kappa shape index (κ2) is 7.99. The number of imide groups is 1. The number of nitrogens with one attached hydrogen (secondary N) is 1. The lowest BCUT2D eigenvalue weighted by Gasteiger charge is -2.13. The van der Waals surface area contributed by atoms with Crippen LogP contribution in [0.2, 0.25) is 0 Å². The van der Waals surface area contributed by atoms with Crippen molar-refractivity contribution in [3.63, 3.8) is 0 Å². The Balaban J connectivity index is 1.92. The Morgan fingerprint density at radius 1 is 1.00 bits per heavy atom. The monoisotopic (exact) mass is 386 g/mol. The minimum absolute atomic E-state index is 0.0270. The number of benzene rings is 2. The van der Waals surface area contributed by atoms with Crippen LogP contribution in [0.15, 0.2) is 42.1 Å². The number of nitrogens with zero attached hydrogens (tertiary/aromatic N) is 1. The summed E-state index contributed by atoms with van der Waals surface area (Å²) in [5.74, 6) is 0.468. The summed E-state index contributed by atoms with van der Waals surface area (Å²) in [4.78, 5) is 26.0. The molecule has 0 spiro atoms. The number of amides is 3. The molecule has 1 N–H and O–H groups in total. The molecule has 28 heavy (non-hydrogen) atoms. The van der Waals surface area contributed by atoms with E-state index in [9.17, 15) is 14.0 Å². The number of hydrogen-bond acceptors (Lipinski definition) is 5. The molecule has 2 aromatic carbocycles. The average molecular weight is 386 g/mol. The van der Waals surface area contributed by atoms with Crippen molar-refractivity contribution < 1.29 is 28.2 Å². The lowest BCUT2D eigenvalue weighted by molar-refractivity contribution is -0.123. The molecule has 7 nitrogen and oxygen atoms in total. The SMILES string of the molecule is COc1cc(OC)c(C=C2NC(=O)N(Cc3ccc(F)cc3)C2=O)c(OC)c1. The topological polar surface area (TPSA) is 77.1 Å². The van der Waals surface area contributed by atoms with E-state index in [2.05, 4.69) is 5.32 Å². The fourth-order valence-corrected chi connectivity index (χ4v) is 2.81. The maximum Gasteiger partial charge on any atom is 0.329 e. The van der Waals surface area contributed by atoms with E-state index in [0.717, 1.165) is 4.90 Å². The second-order valence-corrected chi connectivity index (χ2v) is 5.95. The van der Waals surface area contributed by atoms with Gasteiger partial charge in [-0.2, -0.15) is 0 Å². The summed E-state index contributed by atoms with van der Waals surface area (Å²) in [6, 6.07) is 8.32. The third-order valence-electron chi connectivity index (χ3n) is 4.26. The number of rotatable bonds is 6. The largest absolute Gasteiger partial charge is 0.496 e. The molecular formula is C20H19FN2O5. The summed E-state index contributed by atoms with van der Waals surface area (Å²) in [7, 11) is 4.47. The Kier molecular flexibility index (Phi) is 5.49.